The molecule has 3 rings (SSSR count). The van der Waals surface area contributed by atoms with Gasteiger partial charge in [0.05, 0.1) is 18.1 Å². The highest BCUT2D eigenvalue weighted by atomic mass is 19.4. The highest BCUT2D eigenvalue weighted by Gasteiger charge is 2.31. The molecule has 2 fully saturated rings. The number of ether oxygens (including phenoxy) is 1. The molecular formula is C18H22F3N3O3. The predicted octanol–water partition coefficient (Wildman–Crippen LogP) is 2.85. The van der Waals surface area contributed by atoms with E-state index >= 15 is 0 Å². The first-order valence-corrected chi connectivity index (χ1v) is 8.94. The normalized spacial score (nSPS) is 21.1. The van der Waals surface area contributed by atoms with Gasteiger partial charge < -0.3 is 20.3 Å². The van der Waals surface area contributed by atoms with E-state index in [1.54, 1.807) is 0 Å². The van der Waals surface area contributed by atoms with E-state index in [1.807, 2.05) is 4.90 Å². The Morgan fingerprint density at radius 2 is 1.74 bits per heavy atom. The Kier molecular flexibility index (Phi) is 5.88. The van der Waals surface area contributed by atoms with Gasteiger partial charge in [0.15, 0.2) is 0 Å². The van der Waals surface area contributed by atoms with Crippen LogP contribution in [-0.2, 0) is 15.7 Å². The van der Waals surface area contributed by atoms with Crippen molar-refractivity contribution < 1.29 is 27.5 Å². The maximum absolute atomic E-state index is 12.5. The zero-order chi connectivity index (χ0) is 19.4. The Labute approximate surface area is 155 Å². The molecule has 1 unspecified atom stereocenters. The second-order valence-corrected chi connectivity index (χ2v) is 6.83. The smallest absolute Gasteiger partial charge is 0.381 e. The molecule has 148 valence electrons. The van der Waals surface area contributed by atoms with Crippen LogP contribution in [0.1, 0.15) is 24.8 Å². The summed E-state index contributed by atoms with van der Waals surface area (Å²) in [6.07, 6.45) is -2.37. The lowest BCUT2D eigenvalue weighted by Gasteiger charge is -2.33. The van der Waals surface area contributed by atoms with Crippen molar-refractivity contribution in [1.29, 1.82) is 0 Å². The van der Waals surface area contributed by atoms with Crippen LogP contribution in [0.15, 0.2) is 24.3 Å². The van der Waals surface area contributed by atoms with Gasteiger partial charge in [-0.25, -0.2) is 4.79 Å². The van der Waals surface area contributed by atoms with Gasteiger partial charge in [-0.1, -0.05) is 0 Å². The number of urea groups is 1. The maximum atomic E-state index is 12.5. The summed E-state index contributed by atoms with van der Waals surface area (Å²) < 4.78 is 42.9. The quantitative estimate of drug-likeness (QED) is 0.841. The number of amides is 3. The van der Waals surface area contributed by atoms with Crippen molar-refractivity contribution in [3.8, 4) is 0 Å². The van der Waals surface area contributed by atoms with Gasteiger partial charge in [-0.15, -0.1) is 0 Å². The van der Waals surface area contributed by atoms with E-state index in [9.17, 15) is 22.8 Å². The summed E-state index contributed by atoms with van der Waals surface area (Å²) in [6, 6.07) is 3.73. The van der Waals surface area contributed by atoms with E-state index in [0.29, 0.717) is 39.1 Å². The molecule has 2 heterocycles. The van der Waals surface area contributed by atoms with Crippen LogP contribution in [0.3, 0.4) is 0 Å². The van der Waals surface area contributed by atoms with Crippen LogP contribution in [0.25, 0.3) is 0 Å². The highest BCUT2D eigenvalue weighted by molar-refractivity contribution is 5.89. The molecule has 2 N–H and O–H groups in total. The Balaban J connectivity index is 1.43. The van der Waals surface area contributed by atoms with Gasteiger partial charge in [0, 0.05) is 31.4 Å². The number of hydrogen-bond donors (Lipinski definition) is 2. The van der Waals surface area contributed by atoms with Crippen molar-refractivity contribution in [3.63, 3.8) is 0 Å². The van der Waals surface area contributed by atoms with Crippen LogP contribution in [0.2, 0.25) is 0 Å². The molecular weight excluding hydrogens is 363 g/mol. The lowest BCUT2D eigenvalue weighted by atomic mass is 10.0. The molecule has 3 amide bonds. The molecule has 0 saturated carbocycles. The summed E-state index contributed by atoms with van der Waals surface area (Å²) in [5.41, 5.74) is -0.479. The van der Waals surface area contributed by atoms with Gasteiger partial charge in [-0.3, -0.25) is 4.79 Å². The van der Waals surface area contributed by atoms with Crippen molar-refractivity contribution in [2.45, 2.75) is 31.5 Å². The number of piperidine rings is 1. The second-order valence-electron chi connectivity index (χ2n) is 6.83. The molecule has 0 spiro atoms. The number of alkyl halides is 3. The van der Waals surface area contributed by atoms with E-state index in [2.05, 4.69) is 10.6 Å². The number of halogens is 3. The molecule has 0 aromatic heterocycles. The van der Waals surface area contributed by atoms with Gasteiger partial charge in [0.2, 0.25) is 5.91 Å². The summed E-state index contributed by atoms with van der Waals surface area (Å²) in [6.45, 7) is 2.24. The van der Waals surface area contributed by atoms with Crippen LogP contribution in [0, 0.1) is 5.92 Å². The largest absolute Gasteiger partial charge is 0.416 e. The molecule has 2 aliphatic rings. The van der Waals surface area contributed by atoms with Gasteiger partial charge in [-0.2, -0.15) is 13.2 Å². The molecule has 27 heavy (non-hydrogen) atoms. The number of nitrogens with zero attached hydrogens (tertiary/aromatic N) is 1. The molecule has 2 saturated heterocycles. The Morgan fingerprint density at radius 3 is 2.30 bits per heavy atom. The van der Waals surface area contributed by atoms with Crippen LogP contribution < -0.4 is 10.6 Å². The van der Waals surface area contributed by atoms with Crippen LogP contribution in [-0.4, -0.2) is 49.2 Å². The zero-order valence-corrected chi connectivity index (χ0v) is 14.7. The number of carbonyl (C=O) groups is 2. The number of carbonyl (C=O) groups excluding carboxylic acids is 2. The van der Waals surface area contributed by atoms with E-state index in [-0.39, 0.29) is 23.6 Å². The van der Waals surface area contributed by atoms with Gasteiger partial charge in [0.1, 0.15) is 0 Å². The fraction of sp³-hybridized carbons (Fsp3) is 0.556. The Morgan fingerprint density at radius 1 is 1.07 bits per heavy atom. The van der Waals surface area contributed by atoms with Crippen molar-refractivity contribution in [2.75, 3.05) is 31.6 Å². The molecule has 9 heteroatoms. The zero-order valence-electron chi connectivity index (χ0n) is 14.7. The van der Waals surface area contributed by atoms with Crippen LogP contribution in [0.5, 0.6) is 0 Å². The van der Waals surface area contributed by atoms with E-state index < -0.39 is 17.8 Å². The lowest BCUT2D eigenvalue weighted by Crippen LogP contribution is -2.49. The van der Waals surface area contributed by atoms with Crippen molar-refractivity contribution >= 4 is 17.6 Å². The third kappa shape index (κ3) is 5.12. The van der Waals surface area contributed by atoms with E-state index in [4.69, 9.17) is 4.74 Å². The minimum absolute atomic E-state index is 0.0579. The SMILES string of the molecule is O=C(Nc1ccc(C(F)(F)F)cc1)NC1CCN(C(=O)C2CCOC2)CC1. The number of anilines is 1. The molecule has 1 atom stereocenters. The first-order valence-electron chi connectivity index (χ1n) is 8.94. The Hall–Kier alpha value is -2.29. The average Bonchev–Trinajstić information content (AvgIpc) is 3.16. The Bertz CT molecular complexity index is 665. The maximum Gasteiger partial charge on any atom is 0.416 e. The topological polar surface area (TPSA) is 70.7 Å². The van der Waals surface area contributed by atoms with E-state index in [0.717, 1.165) is 18.6 Å². The van der Waals surface area contributed by atoms with Crippen LogP contribution >= 0.6 is 0 Å². The fourth-order valence-corrected chi connectivity index (χ4v) is 3.33. The van der Waals surface area contributed by atoms with Crippen molar-refractivity contribution in [3.05, 3.63) is 29.8 Å². The molecule has 6 nitrogen and oxygen atoms in total. The number of rotatable bonds is 3. The summed E-state index contributed by atoms with van der Waals surface area (Å²) in [5.74, 6) is 0.0534. The fourth-order valence-electron chi connectivity index (χ4n) is 3.33. The van der Waals surface area contributed by atoms with Gasteiger partial charge in [-0.05, 0) is 43.5 Å². The third-order valence-corrected chi connectivity index (χ3v) is 4.89. The minimum atomic E-state index is -4.41. The number of nitrogens with one attached hydrogen (secondary N) is 2. The molecule has 1 aromatic rings. The average molecular weight is 385 g/mol. The summed E-state index contributed by atoms with van der Waals surface area (Å²) in [7, 11) is 0. The van der Waals surface area contributed by atoms with Crippen molar-refractivity contribution in [1.82, 2.24) is 10.2 Å². The molecule has 1 aromatic carbocycles. The third-order valence-electron chi connectivity index (χ3n) is 4.89. The van der Waals surface area contributed by atoms with Gasteiger partial charge in [0.25, 0.3) is 0 Å². The monoisotopic (exact) mass is 385 g/mol. The highest BCUT2D eigenvalue weighted by Crippen LogP contribution is 2.29. The second kappa shape index (κ2) is 8.16. The summed E-state index contributed by atoms with van der Waals surface area (Å²) in [4.78, 5) is 26.2. The molecule has 0 radical (unpaired) electrons. The lowest BCUT2D eigenvalue weighted by molar-refractivity contribution is -0.138. The van der Waals surface area contributed by atoms with Crippen LogP contribution in [0.4, 0.5) is 23.7 Å². The van der Waals surface area contributed by atoms with Gasteiger partial charge >= 0.3 is 12.2 Å². The molecule has 0 aliphatic carbocycles. The summed E-state index contributed by atoms with van der Waals surface area (Å²) in [5, 5.41) is 5.34. The van der Waals surface area contributed by atoms with E-state index in [1.165, 1.54) is 12.1 Å². The minimum Gasteiger partial charge on any atom is -0.381 e. The first kappa shape index (κ1) is 19.5. The first-order chi connectivity index (χ1) is 12.8. The number of benzene rings is 1. The van der Waals surface area contributed by atoms with Crippen molar-refractivity contribution in [2.24, 2.45) is 5.92 Å². The standard InChI is InChI=1S/C18H22F3N3O3/c19-18(20,21)13-1-3-14(4-2-13)22-17(26)23-15-5-8-24(9-6-15)16(25)12-7-10-27-11-12/h1-4,12,15H,5-11H2,(H2,22,23,26). The molecule has 2 aliphatic heterocycles. The summed E-state index contributed by atoms with van der Waals surface area (Å²) >= 11 is 0. The molecule has 0 bridgehead atoms. The number of hydrogen-bond acceptors (Lipinski definition) is 3. The predicted molar refractivity (Wildman–Crippen MR) is 92.1 cm³/mol. The number of likely N-dealkylation sites (tertiary alicyclic amines) is 1.